The summed E-state index contributed by atoms with van der Waals surface area (Å²) in [5.41, 5.74) is 1.31. The smallest absolute Gasteiger partial charge is 0.335 e. The second-order valence-corrected chi connectivity index (χ2v) is 8.06. The molecular formula is C21H15N3O4S. The predicted octanol–water partition coefficient (Wildman–Crippen LogP) is 3.47. The van der Waals surface area contributed by atoms with E-state index in [9.17, 15) is 18.3 Å². The fourth-order valence-electron chi connectivity index (χ4n) is 2.95. The van der Waals surface area contributed by atoms with Crippen molar-refractivity contribution in [3.05, 3.63) is 90.5 Å². The molecule has 0 bridgehead atoms. The molecule has 0 saturated carbocycles. The van der Waals surface area contributed by atoms with E-state index in [1.165, 1.54) is 28.9 Å². The van der Waals surface area contributed by atoms with Crippen LogP contribution in [0.25, 0.3) is 16.9 Å². The highest BCUT2D eigenvalue weighted by Gasteiger charge is 2.29. The molecule has 0 aliphatic heterocycles. The van der Waals surface area contributed by atoms with E-state index in [0.29, 0.717) is 11.3 Å². The van der Waals surface area contributed by atoms with E-state index < -0.39 is 15.8 Å². The van der Waals surface area contributed by atoms with Gasteiger partial charge in [0.2, 0.25) is 14.9 Å². The maximum Gasteiger partial charge on any atom is 0.335 e. The quantitative estimate of drug-likeness (QED) is 0.545. The van der Waals surface area contributed by atoms with E-state index in [2.05, 4.69) is 10.3 Å². The van der Waals surface area contributed by atoms with Crippen molar-refractivity contribution < 1.29 is 18.3 Å². The molecule has 0 spiro atoms. The van der Waals surface area contributed by atoms with Crippen molar-refractivity contribution in [2.24, 2.45) is 0 Å². The van der Waals surface area contributed by atoms with Crippen molar-refractivity contribution in [3.8, 4) is 16.9 Å². The summed E-state index contributed by atoms with van der Waals surface area (Å²) in [5, 5.41) is 17.1. The largest absolute Gasteiger partial charge is 0.478 e. The Morgan fingerprint density at radius 1 is 0.862 bits per heavy atom. The molecule has 0 atom stereocenters. The molecule has 3 aromatic carbocycles. The van der Waals surface area contributed by atoms with Gasteiger partial charge in [0.25, 0.3) is 0 Å². The van der Waals surface area contributed by atoms with E-state index in [1.54, 1.807) is 54.6 Å². The van der Waals surface area contributed by atoms with E-state index >= 15 is 0 Å². The lowest BCUT2D eigenvalue weighted by Gasteiger charge is -2.09. The zero-order valence-corrected chi connectivity index (χ0v) is 15.8. The topological polar surface area (TPSA) is 102 Å². The maximum absolute atomic E-state index is 13.2. The Kier molecular flexibility index (Phi) is 4.69. The Morgan fingerprint density at radius 3 is 2.17 bits per heavy atom. The van der Waals surface area contributed by atoms with Crippen LogP contribution in [0.3, 0.4) is 0 Å². The van der Waals surface area contributed by atoms with Crippen LogP contribution in [0.4, 0.5) is 0 Å². The number of aromatic carboxylic acids is 1. The van der Waals surface area contributed by atoms with Gasteiger partial charge < -0.3 is 5.11 Å². The Hall–Kier alpha value is -3.78. The molecule has 0 radical (unpaired) electrons. The second-order valence-electron chi connectivity index (χ2n) is 6.19. The molecule has 0 fully saturated rings. The first-order valence-electron chi connectivity index (χ1n) is 8.63. The lowest BCUT2D eigenvalue weighted by atomic mass is 10.1. The minimum atomic E-state index is -3.94. The standard InChI is InChI=1S/C21H15N3O4S/c25-21(26)16-10-7-11-17(14-16)24-19(15-8-3-1-4-9-15)20(22-23-24)29(27,28)18-12-5-2-6-13-18/h1-14H,(H,25,26). The Balaban J connectivity index is 1.98. The summed E-state index contributed by atoms with van der Waals surface area (Å²) in [5.74, 6) is -1.09. The van der Waals surface area contributed by atoms with Gasteiger partial charge in [-0.15, -0.1) is 5.10 Å². The first-order valence-corrected chi connectivity index (χ1v) is 10.1. The van der Waals surface area contributed by atoms with Crippen molar-refractivity contribution in [1.29, 1.82) is 0 Å². The molecule has 0 unspecified atom stereocenters. The van der Waals surface area contributed by atoms with Gasteiger partial charge in [-0.1, -0.05) is 59.8 Å². The predicted molar refractivity (Wildman–Crippen MR) is 106 cm³/mol. The van der Waals surface area contributed by atoms with Crippen LogP contribution in [0.1, 0.15) is 10.4 Å². The molecule has 1 aromatic heterocycles. The minimum absolute atomic E-state index is 0.0597. The van der Waals surface area contributed by atoms with Gasteiger partial charge in [0, 0.05) is 5.56 Å². The van der Waals surface area contributed by atoms with Gasteiger partial charge >= 0.3 is 5.97 Å². The molecule has 29 heavy (non-hydrogen) atoms. The number of carbonyl (C=O) groups is 1. The Bertz CT molecular complexity index is 1280. The van der Waals surface area contributed by atoms with Gasteiger partial charge in [-0.2, -0.15) is 0 Å². The average Bonchev–Trinajstić information content (AvgIpc) is 3.21. The molecule has 0 aliphatic carbocycles. The SMILES string of the molecule is O=C(O)c1cccc(-n2nnc(S(=O)(=O)c3ccccc3)c2-c2ccccc2)c1. The van der Waals surface area contributed by atoms with Gasteiger partial charge in [0.05, 0.1) is 16.1 Å². The van der Waals surface area contributed by atoms with Crippen LogP contribution in [0.5, 0.6) is 0 Å². The summed E-state index contributed by atoms with van der Waals surface area (Å²) in [6.07, 6.45) is 0. The van der Waals surface area contributed by atoms with Crippen molar-refractivity contribution in [2.75, 3.05) is 0 Å². The molecule has 4 rings (SSSR count). The Morgan fingerprint density at radius 2 is 1.52 bits per heavy atom. The molecule has 8 heteroatoms. The fraction of sp³-hybridized carbons (Fsp3) is 0. The first kappa shape index (κ1) is 18.6. The molecule has 7 nitrogen and oxygen atoms in total. The summed E-state index contributed by atoms with van der Waals surface area (Å²) in [6.45, 7) is 0. The molecular weight excluding hydrogens is 390 g/mol. The lowest BCUT2D eigenvalue weighted by Crippen LogP contribution is -2.06. The number of hydrogen-bond acceptors (Lipinski definition) is 5. The summed E-state index contributed by atoms with van der Waals surface area (Å²) in [7, 11) is -3.94. The third-order valence-corrected chi connectivity index (χ3v) is 6.01. The zero-order chi connectivity index (χ0) is 20.4. The highest BCUT2D eigenvalue weighted by Crippen LogP contribution is 2.31. The van der Waals surface area contributed by atoms with Gasteiger partial charge in [0.1, 0.15) is 5.69 Å². The number of benzene rings is 3. The maximum atomic E-state index is 13.2. The average molecular weight is 405 g/mol. The van der Waals surface area contributed by atoms with Crippen LogP contribution in [-0.4, -0.2) is 34.5 Å². The number of aromatic nitrogens is 3. The van der Waals surface area contributed by atoms with Gasteiger partial charge in [-0.25, -0.2) is 17.9 Å². The molecule has 4 aromatic rings. The molecule has 0 aliphatic rings. The third kappa shape index (κ3) is 3.41. The van der Waals surface area contributed by atoms with Gasteiger partial charge in [-0.05, 0) is 30.3 Å². The van der Waals surface area contributed by atoms with Gasteiger partial charge in [0.15, 0.2) is 0 Å². The molecule has 1 N–H and O–H groups in total. The normalized spacial score (nSPS) is 11.3. The van der Waals surface area contributed by atoms with E-state index in [-0.39, 0.29) is 21.2 Å². The van der Waals surface area contributed by atoms with Crippen LogP contribution in [0.15, 0.2) is 94.9 Å². The summed E-state index contributed by atoms with van der Waals surface area (Å²) >= 11 is 0. The summed E-state index contributed by atoms with van der Waals surface area (Å²) < 4.78 is 27.8. The molecule has 0 saturated heterocycles. The molecule has 144 valence electrons. The van der Waals surface area contributed by atoms with Crippen molar-refractivity contribution in [3.63, 3.8) is 0 Å². The second kappa shape index (κ2) is 7.33. The monoisotopic (exact) mass is 405 g/mol. The zero-order valence-electron chi connectivity index (χ0n) is 15.0. The van der Waals surface area contributed by atoms with Crippen LogP contribution in [-0.2, 0) is 9.84 Å². The third-order valence-electron chi connectivity index (χ3n) is 4.33. The van der Waals surface area contributed by atoms with E-state index in [0.717, 1.165) is 0 Å². The number of nitrogens with zero attached hydrogens (tertiary/aromatic N) is 3. The van der Waals surface area contributed by atoms with E-state index in [4.69, 9.17) is 0 Å². The van der Waals surface area contributed by atoms with Gasteiger partial charge in [-0.3, -0.25) is 0 Å². The number of carboxylic acids is 1. The molecule has 1 heterocycles. The van der Waals surface area contributed by atoms with Crippen molar-refractivity contribution in [2.45, 2.75) is 9.92 Å². The van der Waals surface area contributed by atoms with Crippen molar-refractivity contribution >= 4 is 15.8 Å². The Labute approximate surface area is 166 Å². The summed E-state index contributed by atoms with van der Waals surface area (Å²) in [4.78, 5) is 11.4. The molecule has 0 amide bonds. The van der Waals surface area contributed by atoms with Crippen LogP contribution in [0.2, 0.25) is 0 Å². The number of carboxylic acid groups (broad SMARTS) is 1. The van der Waals surface area contributed by atoms with Crippen molar-refractivity contribution in [1.82, 2.24) is 15.0 Å². The fourth-order valence-corrected chi connectivity index (χ4v) is 4.30. The highest BCUT2D eigenvalue weighted by molar-refractivity contribution is 7.91. The summed E-state index contributed by atoms with van der Waals surface area (Å²) in [6, 6.07) is 22.9. The first-order chi connectivity index (χ1) is 14.0. The van der Waals surface area contributed by atoms with E-state index in [1.807, 2.05) is 6.07 Å². The minimum Gasteiger partial charge on any atom is -0.478 e. The number of rotatable bonds is 5. The van der Waals surface area contributed by atoms with Crippen LogP contribution in [0, 0.1) is 0 Å². The highest BCUT2D eigenvalue weighted by atomic mass is 32.2. The van der Waals surface area contributed by atoms with Crippen LogP contribution >= 0.6 is 0 Å². The van der Waals surface area contributed by atoms with Crippen LogP contribution < -0.4 is 0 Å². The number of sulfone groups is 1. The number of hydrogen-bond donors (Lipinski definition) is 1. The lowest BCUT2D eigenvalue weighted by molar-refractivity contribution is 0.0697.